The van der Waals surface area contributed by atoms with Crippen molar-refractivity contribution in [1.82, 2.24) is 0 Å². The smallest absolute Gasteiger partial charge is 0.0285 e. The van der Waals surface area contributed by atoms with Crippen molar-refractivity contribution in [3.8, 4) is 0 Å². The first-order valence-corrected chi connectivity index (χ1v) is 9.23. The second-order valence-corrected chi connectivity index (χ2v) is 7.07. The van der Waals surface area contributed by atoms with Gasteiger partial charge in [0.1, 0.15) is 0 Å². The minimum Gasteiger partial charge on any atom is -0.148 e. The molecule has 0 aliphatic heterocycles. The summed E-state index contributed by atoms with van der Waals surface area (Å²) in [6.45, 7) is 2.28. The van der Waals surface area contributed by atoms with Crippen LogP contribution in [0.1, 0.15) is 76.0 Å². The van der Waals surface area contributed by atoms with Crippen LogP contribution in [0.3, 0.4) is 0 Å². The molecule has 1 aromatic rings. The fraction of sp³-hybridized carbons (Fsp3) is 0.750. The molecule has 0 radical (unpaired) electrons. The summed E-state index contributed by atoms with van der Waals surface area (Å²) in [5.74, 6) is 0. The maximum atomic E-state index is 3.51. The van der Waals surface area contributed by atoms with Crippen LogP contribution in [0, 0.1) is 0 Å². The summed E-state index contributed by atoms with van der Waals surface area (Å²) in [6, 6.07) is 2.26. The van der Waals surface area contributed by atoms with Crippen LogP contribution in [0.15, 0.2) is 15.9 Å². The van der Waals surface area contributed by atoms with Gasteiger partial charge in [0.2, 0.25) is 0 Å². The number of halogens is 1. The van der Waals surface area contributed by atoms with Gasteiger partial charge in [0.15, 0.2) is 0 Å². The van der Waals surface area contributed by atoms with Crippen LogP contribution in [-0.4, -0.2) is 0 Å². The molecule has 1 heterocycles. The first-order valence-electron chi connectivity index (χ1n) is 7.56. The second kappa shape index (κ2) is 11.0. The average molecular weight is 331 g/mol. The number of hydrogen-bond donors (Lipinski definition) is 0. The van der Waals surface area contributed by atoms with Gasteiger partial charge in [-0.2, -0.15) is 0 Å². The number of aryl methyl sites for hydroxylation is 1. The molecule has 0 saturated carbocycles. The molecule has 0 bridgehead atoms. The second-order valence-electron chi connectivity index (χ2n) is 5.16. The molecule has 0 atom stereocenters. The molecule has 0 amide bonds. The van der Waals surface area contributed by atoms with E-state index in [1.165, 1.54) is 80.0 Å². The van der Waals surface area contributed by atoms with E-state index in [0.29, 0.717) is 0 Å². The summed E-state index contributed by atoms with van der Waals surface area (Å²) in [4.78, 5) is 1.53. The van der Waals surface area contributed by atoms with Gasteiger partial charge in [0, 0.05) is 14.7 Å². The highest BCUT2D eigenvalue weighted by atomic mass is 79.9. The van der Waals surface area contributed by atoms with Gasteiger partial charge in [0.25, 0.3) is 0 Å². The van der Waals surface area contributed by atoms with Crippen molar-refractivity contribution >= 4 is 27.3 Å². The summed E-state index contributed by atoms with van der Waals surface area (Å²) in [7, 11) is 0. The van der Waals surface area contributed by atoms with Crippen molar-refractivity contribution < 1.29 is 0 Å². The van der Waals surface area contributed by atoms with Crippen molar-refractivity contribution in [2.45, 2.75) is 77.6 Å². The van der Waals surface area contributed by atoms with E-state index in [0.717, 1.165) is 0 Å². The van der Waals surface area contributed by atoms with Gasteiger partial charge >= 0.3 is 0 Å². The summed E-state index contributed by atoms with van der Waals surface area (Å²) in [5.41, 5.74) is 0. The van der Waals surface area contributed by atoms with Crippen LogP contribution in [-0.2, 0) is 6.42 Å². The van der Waals surface area contributed by atoms with Crippen molar-refractivity contribution in [2.75, 3.05) is 0 Å². The van der Waals surface area contributed by atoms with E-state index in [2.05, 4.69) is 34.3 Å². The largest absolute Gasteiger partial charge is 0.148 e. The molecule has 2 heteroatoms. The van der Waals surface area contributed by atoms with Gasteiger partial charge in [-0.3, -0.25) is 0 Å². The lowest BCUT2D eigenvalue weighted by Crippen LogP contribution is -1.84. The average Bonchev–Trinajstić information content (AvgIpc) is 2.77. The fourth-order valence-electron chi connectivity index (χ4n) is 2.27. The van der Waals surface area contributed by atoms with E-state index < -0.39 is 0 Å². The minimum absolute atomic E-state index is 1.24. The molecule has 0 N–H and O–H groups in total. The normalized spacial score (nSPS) is 11.0. The SMILES string of the molecule is CCCCCCCCCCCCc1cc(Br)cs1. The molecule has 1 aromatic heterocycles. The number of unbranched alkanes of at least 4 members (excludes halogenated alkanes) is 9. The molecule has 0 fully saturated rings. The van der Waals surface area contributed by atoms with Gasteiger partial charge < -0.3 is 0 Å². The maximum Gasteiger partial charge on any atom is 0.0285 e. The highest BCUT2D eigenvalue weighted by Crippen LogP contribution is 2.21. The highest BCUT2D eigenvalue weighted by Gasteiger charge is 1.97. The Labute approximate surface area is 125 Å². The lowest BCUT2D eigenvalue weighted by Gasteiger charge is -2.01. The number of thiophene rings is 1. The number of rotatable bonds is 11. The molecule has 0 aliphatic carbocycles. The molecule has 0 saturated heterocycles. The minimum atomic E-state index is 1.24. The van der Waals surface area contributed by atoms with Crippen molar-refractivity contribution in [2.24, 2.45) is 0 Å². The van der Waals surface area contributed by atoms with Crippen LogP contribution in [0.4, 0.5) is 0 Å². The van der Waals surface area contributed by atoms with E-state index in [4.69, 9.17) is 0 Å². The number of hydrogen-bond acceptors (Lipinski definition) is 1. The Morgan fingerprint density at radius 1 is 0.889 bits per heavy atom. The first-order chi connectivity index (χ1) is 8.83. The van der Waals surface area contributed by atoms with E-state index in [1.807, 2.05) is 11.3 Å². The molecule has 0 unspecified atom stereocenters. The third kappa shape index (κ3) is 8.31. The Morgan fingerprint density at radius 2 is 1.44 bits per heavy atom. The molecule has 0 aliphatic rings. The third-order valence-corrected chi connectivity index (χ3v) is 5.16. The topological polar surface area (TPSA) is 0 Å². The predicted molar refractivity (Wildman–Crippen MR) is 87.6 cm³/mol. The van der Waals surface area contributed by atoms with E-state index in [1.54, 1.807) is 0 Å². The Bertz CT molecular complexity index is 293. The van der Waals surface area contributed by atoms with Gasteiger partial charge in [-0.05, 0) is 34.8 Å². The first kappa shape index (κ1) is 16.2. The standard InChI is InChI=1S/C16H27BrS/c1-2-3-4-5-6-7-8-9-10-11-12-16-13-15(17)14-18-16/h13-14H,2-12H2,1H3. The molecular formula is C16H27BrS. The van der Waals surface area contributed by atoms with Gasteiger partial charge in [0.05, 0.1) is 0 Å². The van der Waals surface area contributed by atoms with Gasteiger partial charge in [-0.1, -0.05) is 64.7 Å². The quantitative estimate of drug-likeness (QED) is 0.384. The zero-order valence-electron chi connectivity index (χ0n) is 11.7. The Hall–Kier alpha value is 0.180. The van der Waals surface area contributed by atoms with Gasteiger partial charge in [-0.25, -0.2) is 0 Å². The molecule has 0 nitrogen and oxygen atoms in total. The third-order valence-electron chi connectivity index (χ3n) is 3.40. The Kier molecular flexibility index (Phi) is 9.96. The lowest BCUT2D eigenvalue weighted by molar-refractivity contribution is 0.557. The van der Waals surface area contributed by atoms with Crippen molar-refractivity contribution in [3.05, 3.63) is 20.8 Å². The van der Waals surface area contributed by atoms with E-state index in [-0.39, 0.29) is 0 Å². The van der Waals surface area contributed by atoms with Crippen LogP contribution in [0.2, 0.25) is 0 Å². The molecule has 0 aromatic carbocycles. The zero-order chi connectivity index (χ0) is 13.1. The van der Waals surface area contributed by atoms with Gasteiger partial charge in [-0.15, -0.1) is 11.3 Å². The van der Waals surface area contributed by atoms with Crippen molar-refractivity contribution in [1.29, 1.82) is 0 Å². The Balaban J connectivity index is 1.81. The van der Waals surface area contributed by atoms with Crippen molar-refractivity contribution in [3.63, 3.8) is 0 Å². The monoisotopic (exact) mass is 330 g/mol. The van der Waals surface area contributed by atoms with Crippen LogP contribution in [0.25, 0.3) is 0 Å². The van der Waals surface area contributed by atoms with Crippen LogP contribution >= 0.6 is 27.3 Å². The fourth-order valence-corrected chi connectivity index (χ4v) is 3.77. The molecule has 1 rings (SSSR count). The highest BCUT2D eigenvalue weighted by molar-refractivity contribution is 9.10. The molecule has 104 valence electrons. The van der Waals surface area contributed by atoms with Crippen LogP contribution in [0.5, 0.6) is 0 Å². The molecule has 18 heavy (non-hydrogen) atoms. The van der Waals surface area contributed by atoms with Crippen LogP contribution < -0.4 is 0 Å². The predicted octanol–water partition coefficient (Wildman–Crippen LogP) is 6.97. The Morgan fingerprint density at radius 3 is 1.94 bits per heavy atom. The lowest BCUT2D eigenvalue weighted by atomic mass is 10.1. The summed E-state index contributed by atoms with van der Waals surface area (Å²) in [6.07, 6.45) is 15.5. The molecular weight excluding hydrogens is 304 g/mol. The van der Waals surface area contributed by atoms with E-state index >= 15 is 0 Å². The van der Waals surface area contributed by atoms with E-state index in [9.17, 15) is 0 Å². The summed E-state index contributed by atoms with van der Waals surface area (Å²) >= 11 is 5.39. The zero-order valence-corrected chi connectivity index (χ0v) is 14.1. The molecule has 0 spiro atoms. The maximum absolute atomic E-state index is 3.51. The summed E-state index contributed by atoms with van der Waals surface area (Å²) < 4.78 is 1.24. The summed E-state index contributed by atoms with van der Waals surface area (Å²) in [5, 5.41) is 2.19.